The van der Waals surface area contributed by atoms with E-state index in [1.54, 1.807) is 11.8 Å². The monoisotopic (exact) mass is 356 g/mol. The van der Waals surface area contributed by atoms with Crippen LogP contribution in [0.1, 0.15) is 5.56 Å². The Balaban J connectivity index is 1.58. The molecule has 0 saturated carbocycles. The van der Waals surface area contributed by atoms with E-state index in [0.717, 1.165) is 27.8 Å². The lowest BCUT2D eigenvalue weighted by molar-refractivity contribution is -0.885. The minimum Gasteiger partial charge on any atom is -0.346 e. The summed E-state index contributed by atoms with van der Waals surface area (Å²) in [5.41, 5.74) is 2.08. The van der Waals surface area contributed by atoms with Gasteiger partial charge in [-0.15, -0.1) is 11.8 Å². The van der Waals surface area contributed by atoms with Crippen molar-refractivity contribution in [3.8, 4) is 0 Å². The minimum atomic E-state index is -0.0579. The van der Waals surface area contributed by atoms with Gasteiger partial charge in [-0.2, -0.15) is 0 Å². The number of benzene rings is 2. The van der Waals surface area contributed by atoms with Crippen LogP contribution in [0.5, 0.6) is 0 Å². The zero-order valence-electron chi connectivity index (χ0n) is 14.0. The van der Waals surface area contributed by atoms with Gasteiger partial charge in [0.15, 0.2) is 13.1 Å². The summed E-state index contributed by atoms with van der Waals surface area (Å²) < 4.78 is 0. The van der Waals surface area contributed by atoms with Crippen LogP contribution in [-0.2, 0) is 15.3 Å². The third-order valence-corrected chi connectivity index (χ3v) is 5.16. The normalized spacial score (nSPS) is 17.0. The summed E-state index contributed by atoms with van der Waals surface area (Å²) in [6.07, 6.45) is 0. The summed E-state index contributed by atoms with van der Waals surface area (Å²) in [5, 5.41) is 5.78. The Kier molecular flexibility index (Phi) is 6.09. The first-order valence-corrected chi connectivity index (χ1v) is 9.35. The Bertz CT molecular complexity index is 736. The summed E-state index contributed by atoms with van der Waals surface area (Å²) in [5.74, 6) is 0.802. The van der Waals surface area contributed by atoms with Crippen molar-refractivity contribution in [1.82, 2.24) is 5.32 Å². The van der Waals surface area contributed by atoms with Crippen LogP contribution in [0.2, 0.25) is 0 Å². The van der Waals surface area contributed by atoms with E-state index in [2.05, 4.69) is 22.8 Å². The van der Waals surface area contributed by atoms with Gasteiger partial charge in [0.2, 0.25) is 0 Å². The van der Waals surface area contributed by atoms with Crippen molar-refractivity contribution in [1.29, 1.82) is 0 Å². The average Bonchev–Trinajstić information content (AvgIpc) is 2.62. The van der Waals surface area contributed by atoms with Crippen molar-refractivity contribution in [2.24, 2.45) is 0 Å². The van der Waals surface area contributed by atoms with Gasteiger partial charge in [0, 0.05) is 10.6 Å². The van der Waals surface area contributed by atoms with Gasteiger partial charge in [-0.05, 0) is 17.7 Å². The molecule has 2 aromatic rings. The molecule has 6 heteroatoms. The number of thioether (sulfide) groups is 1. The smallest absolute Gasteiger partial charge is 0.279 e. The van der Waals surface area contributed by atoms with E-state index in [-0.39, 0.29) is 11.8 Å². The van der Waals surface area contributed by atoms with Gasteiger partial charge in [-0.1, -0.05) is 42.5 Å². The summed E-state index contributed by atoms with van der Waals surface area (Å²) >= 11 is 1.70. The summed E-state index contributed by atoms with van der Waals surface area (Å²) in [6, 6.07) is 18.1. The molecule has 0 aromatic heterocycles. The molecule has 1 unspecified atom stereocenters. The molecule has 1 fully saturated rings. The van der Waals surface area contributed by atoms with E-state index in [1.165, 1.54) is 5.56 Å². The second-order valence-corrected chi connectivity index (χ2v) is 7.04. The Morgan fingerprint density at radius 1 is 1.12 bits per heavy atom. The molecule has 2 amide bonds. The molecule has 2 aromatic carbocycles. The van der Waals surface area contributed by atoms with Crippen molar-refractivity contribution in [3.63, 3.8) is 0 Å². The number of para-hydroxylation sites is 1. The molecule has 1 aliphatic rings. The van der Waals surface area contributed by atoms with E-state index < -0.39 is 0 Å². The predicted octanol–water partition coefficient (Wildman–Crippen LogP) is 0.932. The van der Waals surface area contributed by atoms with E-state index in [9.17, 15) is 9.59 Å². The molecule has 25 heavy (non-hydrogen) atoms. The lowest BCUT2D eigenvalue weighted by Gasteiger charge is -2.23. The summed E-state index contributed by atoms with van der Waals surface area (Å²) in [4.78, 5) is 25.8. The molecule has 130 valence electrons. The number of nitrogens with one attached hydrogen (secondary N) is 3. The largest absolute Gasteiger partial charge is 0.346 e. The standard InChI is InChI=1S/C19H21N3O2S/c23-18-12-22(11-10-20-18)13-19(24)21-16-8-4-5-9-17(16)25-14-15-6-2-1-3-7-15/h1-9H,10-14H2,(H,20,23)(H,21,24)/p+1. The SMILES string of the molecule is O=C1C[NH+](CC(=O)Nc2ccccc2SCc2ccccc2)CCN1. The zero-order chi connectivity index (χ0) is 17.5. The fraction of sp³-hybridized carbons (Fsp3) is 0.263. The van der Waals surface area contributed by atoms with Gasteiger partial charge in [0.1, 0.15) is 0 Å². The molecule has 1 saturated heterocycles. The molecule has 0 spiro atoms. The quantitative estimate of drug-likeness (QED) is 0.675. The number of piperazine rings is 1. The number of amides is 2. The topological polar surface area (TPSA) is 62.6 Å². The number of carbonyl (C=O) groups excluding carboxylic acids is 2. The minimum absolute atomic E-state index is 0.00728. The second kappa shape index (κ2) is 8.69. The molecule has 3 N–H and O–H groups in total. The molecule has 3 rings (SSSR count). The Morgan fingerprint density at radius 3 is 2.68 bits per heavy atom. The highest BCUT2D eigenvalue weighted by Crippen LogP contribution is 2.29. The summed E-state index contributed by atoms with van der Waals surface area (Å²) in [6.45, 7) is 2.08. The first kappa shape index (κ1) is 17.5. The van der Waals surface area contributed by atoms with Crippen LogP contribution in [0.3, 0.4) is 0 Å². The first-order chi connectivity index (χ1) is 12.2. The Morgan fingerprint density at radius 2 is 1.88 bits per heavy atom. The molecule has 1 atom stereocenters. The van der Waals surface area contributed by atoms with Crippen LogP contribution in [0.15, 0.2) is 59.5 Å². The van der Waals surface area contributed by atoms with Crippen molar-refractivity contribution < 1.29 is 14.5 Å². The van der Waals surface area contributed by atoms with Crippen LogP contribution in [-0.4, -0.2) is 38.0 Å². The van der Waals surface area contributed by atoms with Gasteiger partial charge in [-0.25, -0.2) is 0 Å². The molecule has 5 nitrogen and oxygen atoms in total. The fourth-order valence-electron chi connectivity index (χ4n) is 2.76. The van der Waals surface area contributed by atoms with E-state index in [4.69, 9.17) is 0 Å². The Hall–Kier alpha value is -2.31. The fourth-order valence-corrected chi connectivity index (χ4v) is 3.72. The Labute approximate surface area is 151 Å². The highest BCUT2D eigenvalue weighted by atomic mass is 32.2. The number of anilines is 1. The molecule has 1 aliphatic heterocycles. The molecular weight excluding hydrogens is 334 g/mol. The van der Waals surface area contributed by atoms with E-state index in [1.807, 2.05) is 42.5 Å². The lowest BCUT2D eigenvalue weighted by atomic mass is 10.2. The van der Waals surface area contributed by atoms with Crippen LogP contribution in [0.25, 0.3) is 0 Å². The zero-order valence-corrected chi connectivity index (χ0v) is 14.8. The highest BCUT2D eigenvalue weighted by Gasteiger charge is 2.22. The number of hydrogen-bond donors (Lipinski definition) is 3. The van der Waals surface area contributed by atoms with Gasteiger partial charge in [0.05, 0.1) is 18.8 Å². The number of hydrogen-bond acceptors (Lipinski definition) is 3. The van der Waals surface area contributed by atoms with Crippen LogP contribution >= 0.6 is 11.8 Å². The maximum absolute atomic E-state index is 12.3. The van der Waals surface area contributed by atoms with Crippen LogP contribution in [0.4, 0.5) is 5.69 Å². The maximum Gasteiger partial charge on any atom is 0.279 e. The van der Waals surface area contributed by atoms with Crippen LogP contribution < -0.4 is 15.5 Å². The summed E-state index contributed by atoms with van der Waals surface area (Å²) in [7, 11) is 0. The van der Waals surface area contributed by atoms with Crippen molar-refractivity contribution in [2.75, 3.05) is 31.5 Å². The first-order valence-electron chi connectivity index (χ1n) is 8.36. The molecule has 0 bridgehead atoms. The molecular formula is C19H22N3O2S+. The molecule has 0 radical (unpaired) electrons. The van der Waals surface area contributed by atoms with Crippen molar-refractivity contribution >= 4 is 29.3 Å². The number of rotatable bonds is 6. The number of quaternary nitrogens is 1. The molecule has 1 heterocycles. The van der Waals surface area contributed by atoms with Gasteiger partial charge < -0.3 is 15.5 Å². The maximum atomic E-state index is 12.3. The van der Waals surface area contributed by atoms with E-state index in [0.29, 0.717) is 19.6 Å². The average molecular weight is 356 g/mol. The highest BCUT2D eigenvalue weighted by molar-refractivity contribution is 7.98. The van der Waals surface area contributed by atoms with E-state index >= 15 is 0 Å². The predicted molar refractivity (Wildman–Crippen MR) is 99.6 cm³/mol. The van der Waals surface area contributed by atoms with Gasteiger partial charge in [-0.3, -0.25) is 9.59 Å². The van der Waals surface area contributed by atoms with Crippen molar-refractivity contribution in [3.05, 3.63) is 60.2 Å². The van der Waals surface area contributed by atoms with Gasteiger partial charge >= 0.3 is 0 Å². The van der Waals surface area contributed by atoms with Gasteiger partial charge in [0.25, 0.3) is 11.8 Å². The second-order valence-electron chi connectivity index (χ2n) is 6.02. The number of carbonyl (C=O) groups is 2. The van der Waals surface area contributed by atoms with Crippen LogP contribution in [0, 0.1) is 0 Å². The third kappa shape index (κ3) is 5.34. The third-order valence-electron chi connectivity index (χ3n) is 4.02. The van der Waals surface area contributed by atoms with Crippen molar-refractivity contribution in [2.45, 2.75) is 10.6 Å². The molecule has 0 aliphatic carbocycles. The lowest BCUT2D eigenvalue weighted by Crippen LogP contribution is -3.16.